The van der Waals surface area contributed by atoms with Gasteiger partial charge in [-0.25, -0.2) is 14.8 Å². The van der Waals surface area contributed by atoms with Gasteiger partial charge in [-0.2, -0.15) is 0 Å². The molecule has 92 valence electrons. The van der Waals surface area contributed by atoms with Crippen LogP contribution in [0.1, 0.15) is 27.3 Å². The number of aromatic carboxylic acids is 1. The van der Waals surface area contributed by atoms with Crippen LogP contribution in [0.25, 0.3) is 0 Å². The van der Waals surface area contributed by atoms with E-state index in [1.54, 1.807) is 0 Å². The number of carbonyl (C=O) groups is 1. The Kier molecular flexibility index (Phi) is 3.23. The Hall–Kier alpha value is -2.43. The molecular weight excluding hydrogens is 230 g/mol. The third kappa shape index (κ3) is 2.63. The van der Waals surface area contributed by atoms with Crippen LogP contribution in [0.2, 0.25) is 0 Å². The second-order valence-corrected chi connectivity index (χ2v) is 4.06. The van der Waals surface area contributed by atoms with Gasteiger partial charge in [0.15, 0.2) is 0 Å². The lowest BCUT2D eigenvalue weighted by atomic mass is 10.1. The number of benzene rings is 1. The van der Waals surface area contributed by atoms with Crippen molar-refractivity contribution in [1.82, 2.24) is 9.97 Å². The van der Waals surface area contributed by atoms with Crippen molar-refractivity contribution in [3.05, 3.63) is 53.0 Å². The molecule has 0 aliphatic heterocycles. The average molecular weight is 243 g/mol. The number of nitrogens with two attached hydrogens (primary N) is 1. The van der Waals surface area contributed by atoms with Crippen LogP contribution in [-0.4, -0.2) is 21.0 Å². The molecule has 5 nitrogen and oxygen atoms in total. The van der Waals surface area contributed by atoms with Gasteiger partial charge in [0.05, 0.1) is 0 Å². The molecule has 0 unspecified atom stereocenters. The molecule has 1 aromatic heterocycles. The van der Waals surface area contributed by atoms with Gasteiger partial charge in [-0.15, -0.1) is 0 Å². The van der Waals surface area contributed by atoms with Gasteiger partial charge >= 0.3 is 5.97 Å². The van der Waals surface area contributed by atoms with E-state index in [0.29, 0.717) is 12.2 Å². The van der Waals surface area contributed by atoms with E-state index in [-0.39, 0.29) is 11.4 Å². The van der Waals surface area contributed by atoms with Gasteiger partial charge in [0.1, 0.15) is 17.2 Å². The molecule has 0 aliphatic rings. The maximum atomic E-state index is 10.8. The summed E-state index contributed by atoms with van der Waals surface area (Å²) in [5, 5.41) is 8.82. The fourth-order valence-electron chi connectivity index (χ4n) is 1.69. The topological polar surface area (TPSA) is 89.1 Å². The van der Waals surface area contributed by atoms with Crippen LogP contribution in [0.4, 0.5) is 5.82 Å². The van der Waals surface area contributed by atoms with Gasteiger partial charge in [-0.3, -0.25) is 0 Å². The van der Waals surface area contributed by atoms with Gasteiger partial charge in [0.25, 0.3) is 0 Å². The van der Waals surface area contributed by atoms with Crippen molar-refractivity contribution in [2.24, 2.45) is 0 Å². The first-order valence-electron chi connectivity index (χ1n) is 5.46. The molecule has 5 heteroatoms. The Morgan fingerprint density at radius 3 is 2.83 bits per heavy atom. The molecule has 0 bridgehead atoms. The van der Waals surface area contributed by atoms with Crippen molar-refractivity contribution >= 4 is 11.8 Å². The zero-order chi connectivity index (χ0) is 13.1. The fraction of sp³-hybridized carbons (Fsp3) is 0.154. The van der Waals surface area contributed by atoms with E-state index in [4.69, 9.17) is 10.8 Å². The number of nitrogens with zero attached hydrogens (tertiary/aromatic N) is 2. The number of aryl methyl sites for hydroxylation is 1. The highest BCUT2D eigenvalue weighted by atomic mass is 16.4. The summed E-state index contributed by atoms with van der Waals surface area (Å²) in [6.07, 6.45) is 1.78. The first-order valence-corrected chi connectivity index (χ1v) is 5.46. The van der Waals surface area contributed by atoms with Crippen LogP contribution in [0.5, 0.6) is 0 Å². The monoisotopic (exact) mass is 243 g/mol. The highest BCUT2D eigenvalue weighted by Gasteiger charge is 2.10. The van der Waals surface area contributed by atoms with Crippen LogP contribution in [-0.2, 0) is 6.42 Å². The first kappa shape index (κ1) is 12.0. The zero-order valence-electron chi connectivity index (χ0n) is 9.92. The minimum absolute atomic E-state index is 0.000142. The molecule has 0 saturated carbocycles. The van der Waals surface area contributed by atoms with Crippen LogP contribution in [0, 0.1) is 6.92 Å². The molecule has 0 amide bonds. The van der Waals surface area contributed by atoms with E-state index in [1.807, 2.05) is 31.2 Å². The van der Waals surface area contributed by atoms with Crippen molar-refractivity contribution in [2.75, 3.05) is 5.73 Å². The lowest BCUT2D eigenvalue weighted by Crippen LogP contribution is -2.08. The van der Waals surface area contributed by atoms with Gasteiger partial charge in [-0.05, 0) is 12.5 Å². The summed E-state index contributed by atoms with van der Waals surface area (Å²) in [4.78, 5) is 18.8. The third-order valence-corrected chi connectivity index (χ3v) is 2.54. The molecule has 0 atom stereocenters. The van der Waals surface area contributed by atoms with Crippen LogP contribution < -0.4 is 5.73 Å². The Bertz CT molecular complexity index is 597. The Balaban J connectivity index is 2.25. The number of hydrogen-bond acceptors (Lipinski definition) is 4. The van der Waals surface area contributed by atoms with E-state index in [0.717, 1.165) is 11.1 Å². The standard InChI is InChI=1S/C13H13N3O2/c1-8-3-2-4-9(5-8)6-11-15-7-10(13(17)18)12(14)16-11/h2-5,7H,6H2,1H3,(H,17,18)(H2,14,15,16). The molecule has 2 rings (SSSR count). The molecule has 0 radical (unpaired) electrons. The summed E-state index contributed by atoms with van der Waals surface area (Å²) >= 11 is 0. The Morgan fingerprint density at radius 1 is 1.44 bits per heavy atom. The van der Waals surface area contributed by atoms with Gasteiger partial charge in [0.2, 0.25) is 0 Å². The molecular formula is C13H13N3O2. The van der Waals surface area contributed by atoms with Crippen molar-refractivity contribution in [3.8, 4) is 0 Å². The quantitative estimate of drug-likeness (QED) is 0.855. The lowest BCUT2D eigenvalue weighted by Gasteiger charge is -2.04. The summed E-state index contributed by atoms with van der Waals surface area (Å²) in [6, 6.07) is 7.97. The summed E-state index contributed by atoms with van der Waals surface area (Å²) < 4.78 is 0. The summed E-state index contributed by atoms with van der Waals surface area (Å²) in [6.45, 7) is 2.01. The number of aromatic nitrogens is 2. The first-order chi connectivity index (χ1) is 8.56. The van der Waals surface area contributed by atoms with Crippen molar-refractivity contribution in [1.29, 1.82) is 0 Å². The van der Waals surface area contributed by atoms with Gasteiger partial charge in [-0.1, -0.05) is 29.8 Å². The highest BCUT2D eigenvalue weighted by molar-refractivity contribution is 5.92. The molecule has 1 aromatic carbocycles. The van der Waals surface area contributed by atoms with E-state index >= 15 is 0 Å². The minimum Gasteiger partial charge on any atom is -0.477 e. The summed E-state index contributed by atoms with van der Waals surface area (Å²) in [7, 11) is 0. The predicted molar refractivity (Wildman–Crippen MR) is 67.4 cm³/mol. The number of carboxylic acid groups (broad SMARTS) is 1. The molecule has 0 aliphatic carbocycles. The van der Waals surface area contributed by atoms with Crippen LogP contribution in [0.15, 0.2) is 30.5 Å². The van der Waals surface area contributed by atoms with E-state index in [2.05, 4.69) is 9.97 Å². The second kappa shape index (κ2) is 4.83. The molecule has 0 spiro atoms. The smallest absolute Gasteiger partial charge is 0.341 e. The summed E-state index contributed by atoms with van der Waals surface area (Å²) in [5.74, 6) is -0.599. The highest BCUT2D eigenvalue weighted by Crippen LogP contribution is 2.11. The second-order valence-electron chi connectivity index (χ2n) is 4.06. The molecule has 2 aromatic rings. The van der Waals surface area contributed by atoms with E-state index < -0.39 is 5.97 Å². The molecule has 3 N–H and O–H groups in total. The number of rotatable bonds is 3. The largest absolute Gasteiger partial charge is 0.477 e. The molecule has 0 fully saturated rings. The minimum atomic E-state index is -1.12. The maximum absolute atomic E-state index is 10.8. The zero-order valence-corrected chi connectivity index (χ0v) is 9.92. The third-order valence-electron chi connectivity index (χ3n) is 2.54. The average Bonchev–Trinajstić information content (AvgIpc) is 2.28. The Morgan fingerprint density at radius 2 is 2.22 bits per heavy atom. The fourth-order valence-corrected chi connectivity index (χ4v) is 1.69. The van der Waals surface area contributed by atoms with Crippen LogP contribution in [0.3, 0.4) is 0 Å². The molecule has 1 heterocycles. The molecule has 0 saturated heterocycles. The number of hydrogen-bond donors (Lipinski definition) is 2. The van der Waals surface area contributed by atoms with Crippen molar-refractivity contribution in [3.63, 3.8) is 0 Å². The lowest BCUT2D eigenvalue weighted by molar-refractivity contribution is 0.0697. The summed E-state index contributed by atoms with van der Waals surface area (Å²) in [5.41, 5.74) is 7.73. The van der Waals surface area contributed by atoms with Crippen LogP contribution >= 0.6 is 0 Å². The SMILES string of the molecule is Cc1cccc(Cc2ncc(C(=O)O)c(N)n2)c1. The van der Waals surface area contributed by atoms with Gasteiger partial charge in [0, 0.05) is 12.6 Å². The van der Waals surface area contributed by atoms with Gasteiger partial charge < -0.3 is 10.8 Å². The number of carboxylic acids is 1. The van der Waals surface area contributed by atoms with E-state index in [9.17, 15) is 4.79 Å². The maximum Gasteiger partial charge on any atom is 0.341 e. The van der Waals surface area contributed by atoms with Crippen molar-refractivity contribution < 1.29 is 9.90 Å². The number of nitrogen functional groups attached to an aromatic ring is 1. The predicted octanol–water partition coefficient (Wildman–Crippen LogP) is 1.66. The van der Waals surface area contributed by atoms with E-state index in [1.165, 1.54) is 6.20 Å². The number of anilines is 1. The normalized spacial score (nSPS) is 10.3. The van der Waals surface area contributed by atoms with Crippen molar-refractivity contribution in [2.45, 2.75) is 13.3 Å². The Labute approximate surface area is 104 Å². The molecule has 18 heavy (non-hydrogen) atoms.